The van der Waals surface area contributed by atoms with Crippen molar-refractivity contribution in [1.29, 1.82) is 5.26 Å². The van der Waals surface area contributed by atoms with Gasteiger partial charge in [0.2, 0.25) is 0 Å². The molecule has 14 heavy (non-hydrogen) atoms. The highest BCUT2D eigenvalue weighted by Crippen LogP contribution is 2.26. The molecule has 0 N–H and O–H groups in total. The predicted octanol–water partition coefficient (Wildman–Crippen LogP) is 2.04. The van der Waals surface area contributed by atoms with E-state index >= 15 is 0 Å². The van der Waals surface area contributed by atoms with Crippen LogP contribution < -0.4 is 4.74 Å². The maximum absolute atomic E-state index is 13.1. The van der Waals surface area contributed by atoms with Crippen molar-refractivity contribution in [2.24, 2.45) is 0 Å². The van der Waals surface area contributed by atoms with Gasteiger partial charge in [-0.25, -0.2) is 18.2 Å². The predicted molar refractivity (Wildman–Crippen MR) is 40.4 cm³/mol. The molecule has 0 unspecified atom stereocenters. The Balaban J connectivity index is 3.37. The number of nitriles is 1. The third-order valence-electron chi connectivity index (χ3n) is 1.55. The molecule has 0 fully saturated rings. The quantitative estimate of drug-likeness (QED) is 0.737. The van der Waals surface area contributed by atoms with Gasteiger partial charge in [-0.1, -0.05) is 0 Å². The van der Waals surface area contributed by atoms with Crippen LogP contribution in [0.1, 0.15) is 17.7 Å². The highest BCUT2D eigenvalue weighted by atomic mass is 19.3. The molecular weight excluding hydrogens is 197 g/mol. The van der Waals surface area contributed by atoms with Crippen molar-refractivity contribution in [3.63, 3.8) is 0 Å². The molecule has 6 heteroatoms. The van der Waals surface area contributed by atoms with Crippen molar-refractivity contribution in [2.75, 3.05) is 7.11 Å². The molecule has 0 bridgehead atoms. The fraction of sp³-hybridized carbons (Fsp3) is 0.250. The van der Waals surface area contributed by atoms with Crippen LogP contribution in [-0.2, 0) is 0 Å². The van der Waals surface area contributed by atoms with E-state index in [1.807, 2.05) is 0 Å². The van der Waals surface area contributed by atoms with E-state index in [1.165, 1.54) is 13.2 Å². The van der Waals surface area contributed by atoms with Crippen LogP contribution in [0.5, 0.6) is 5.75 Å². The minimum Gasteiger partial charge on any atom is -0.494 e. The minimum atomic E-state index is -3.05. The van der Waals surface area contributed by atoms with Gasteiger partial charge in [0.05, 0.1) is 13.3 Å². The van der Waals surface area contributed by atoms with E-state index in [0.717, 1.165) is 6.20 Å². The number of rotatable bonds is 2. The van der Waals surface area contributed by atoms with Gasteiger partial charge in [-0.05, 0) is 0 Å². The summed E-state index contributed by atoms with van der Waals surface area (Å²) in [5.41, 5.74) is -1.60. The first-order valence-electron chi connectivity index (χ1n) is 3.52. The van der Waals surface area contributed by atoms with E-state index in [0.29, 0.717) is 0 Å². The van der Waals surface area contributed by atoms with Gasteiger partial charge in [0.15, 0.2) is 11.6 Å². The molecule has 1 aromatic rings. The van der Waals surface area contributed by atoms with Gasteiger partial charge in [-0.3, -0.25) is 0 Å². The Morgan fingerprint density at radius 3 is 2.64 bits per heavy atom. The van der Waals surface area contributed by atoms with Gasteiger partial charge >= 0.3 is 0 Å². The standard InChI is InChI=1S/C8H5F3N2O/c1-14-5-3-13-7(8(10)11)6(9)4(5)2-12/h3,8H,1H3. The lowest BCUT2D eigenvalue weighted by atomic mass is 10.2. The van der Waals surface area contributed by atoms with Crippen molar-refractivity contribution in [2.45, 2.75) is 6.43 Å². The summed E-state index contributed by atoms with van der Waals surface area (Å²) in [4.78, 5) is 3.16. The summed E-state index contributed by atoms with van der Waals surface area (Å²) in [6, 6.07) is 1.44. The zero-order valence-electron chi connectivity index (χ0n) is 7.09. The van der Waals surface area contributed by atoms with Crippen LogP contribution in [0, 0.1) is 17.1 Å². The van der Waals surface area contributed by atoms with E-state index in [-0.39, 0.29) is 5.75 Å². The van der Waals surface area contributed by atoms with E-state index in [4.69, 9.17) is 5.26 Å². The molecule has 0 aliphatic carbocycles. The second kappa shape index (κ2) is 3.96. The summed E-state index contributed by atoms with van der Waals surface area (Å²) >= 11 is 0. The van der Waals surface area contributed by atoms with Gasteiger partial charge < -0.3 is 4.74 Å². The lowest BCUT2D eigenvalue weighted by molar-refractivity contribution is 0.140. The van der Waals surface area contributed by atoms with Crippen LogP contribution in [0.2, 0.25) is 0 Å². The maximum atomic E-state index is 13.1. The molecule has 3 nitrogen and oxygen atoms in total. The first-order valence-corrected chi connectivity index (χ1v) is 3.52. The van der Waals surface area contributed by atoms with Gasteiger partial charge in [-0.2, -0.15) is 5.26 Å². The van der Waals surface area contributed by atoms with Crippen molar-refractivity contribution in [3.8, 4) is 11.8 Å². The van der Waals surface area contributed by atoms with Crippen LogP contribution >= 0.6 is 0 Å². The molecule has 0 aromatic carbocycles. The largest absolute Gasteiger partial charge is 0.494 e. The second-order valence-corrected chi connectivity index (χ2v) is 2.31. The first-order chi connectivity index (χ1) is 6.61. The molecule has 0 atom stereocenters. The number of ether oxygens (including phenoxy) is 1. The summed E-state index contributed by atoms with van der Waals surface area (Å²) in [7, 11) is 1.19. The number of alkyl halides is 2. The summed E-state index contributed by atoms with van der Waals surface area (Å²) in [6.07, 6.45) is -2.16. The first kappa shape index (κ1) is 10.3. The van der Waals surface area contributed by atoms with Gasteiger partial charge in [-0.15, -0.1) is 0 Å². The van der Waals surface area contributed by atoms with Crippen molar-refractivity contribution in [3.05, 3.63) is 23.3 Å². The lowest BCUT2D eigenvalue weighted by Gasteiger charge is -2.05. The Morgan fingerprint density at radius 1 is 1.57 bits per heavy atom. The van der Waals surface area contributed by atoms with Gasteiger partial charge in [0.1, 0.15) is 17.3 Å². The molecule has 1 aromatic heterocycles. The lowest BCUT2D eigenvalue weighted by Crippen LogP contribution is -2.01. The number of hydrogen-bond acceptors (Lipinski definition) is 3. The van der Waals surface area contributed by atoms with Crippen LogP contribution in [-0.4, -0.2) is 12.1 Å². The molecule has 1 rings (SSSR count). The molecule has 0 amide bonds. The Hall–Kier alpha value is -1.77. The van der Waals surface area contributed by atoms with Crippen LogP contribution in [0.4, 0.5) is 13.2 Å². The van der Waals surface area contributed by atoms with Gasteiger partial charge in [0.25, 0.3) is 6.43 Å². The van der Waals surface area contributed by atoms with E-state index in [2.05, 4.69) is 9.72 Å². The van der Waals surface area contributed by atoms with E-state index in [1.54, 1.807) is 0 Å². The SMILES string of the molecule is COc1cnc(C(F)F)c(F)c1C#N. The second-order valence-electron chi connectivity index (χ2n) is 2.31. The van der Waals surface area contributed by atoms with Gasteiger partial charge in [0, 0.05) is 0 Å². The molecule has 0 saturated heterocycles. The summed E-state index contributed by atoms with van der Waals surface area (Å²) in [5.74, 6) is -1.49. The highest BCUT2D eigenvalue weighted by molar-refractivity contribution is 5.43. The van der Waals surface area contributed by atoms with Crippen molar-refractivity contribution < 1.29 is 17.9 Å². The van der Waals surface area contributed by atoms with Crippen LogP contribution in [0.25, 0.3) is 0 Å². The number of halogens is 3. The number of nitrogens with zero attached hydrogens (tertiary/aromatic N) is 2. The summed E-state index contributed by atoms with van der Waals surface area (Å²) in [5, 5.41) is 8.49. The molecule has 0 spiro atoms. The van der Waals surface area contributed by atoms with E-state index < -0.39 is 23.5 Å². The summed E-state index contributed by atoms with van der Waals surface area (Å²) in [6.45, 7) is 0. The number of hydrogen-bond donors (Lipinski definition) is 0. The minimum absolute atomic E-state index is 0.158. The van der Waals surface area contributed by atoms with Crippen LogP contribution in [0.3, 0.4) is 0 Å². The van der Waals surface area contributed by atoms with Crippen molar-refractivity contribution in [1.82, 2.24) is 4.98 Å². The fourth-order valence-corrected chi connectivity index (χ4v) is 0.897. The Labute approximate surface area is 77.7 Å². The molecule has 1 heterocycles. The molecule has 0 saturated carbocycles. The zero-order valence-corrected chi connectivity index (χ0v) is 7.09. The van der Waals surface area contributed by atoms with Crippen LogP contribution in [0.15, 0.2) is 6.20 Å². The fourth-order valence-electron chi connectivity index (χ4n) is 0.897. The Morgan fingerprint density at radius 2 is 2.21 bits per heavy atom. The topological polar surface area (TPSA) is 45.9 Å². The monoisotopic (exact) mass is 202 g/mol. The molecule has 74 valence electrons. The average Bonchev–Trinajstić information content (AvgIpc) is 2.16. The normalized spacial score (nSPS) is 10.0. The summed E-state index contributed by atoms with van der Waals surface area (Å²) < 4.78 is 42.0. The number of aromatic nitrogens is 1. The molecular formula is C8H5F3N2O. The maximum Gasteiger partial charge on any atom is 0.283 e. The third kappa shape index (κ3) is 1.62. The molecule has 0 aliphatic rings. The Kier molecular flexibility index (Phi) is 2.92. The average molecular weight is 202 g/mol. The molecule has 0 radical (unpaired) electrons. The smallest absolute Gasteiger partial charge is 0.283 e. The Bertz CT molecular complexity index is 387. The highest BCUT2D eigenvalue weighted by Gasteiger charge is 2.21. The molecule has 0 aliphatic heterocycles. The number of methoxy groups -OCH3 is 1. The third-order valence-corrected chi connectivity index (χ3v) is 1.55. The van der Waals surface area contributed by atoms with Crippen molar-refractivity contribution >= 4 is 0 Å². The van der Waals surface area contributed by atoms with E-state index in [9.17, 15) is 13.2 Å². The number of pyridine rings is 1. The zero-order chi connectivity index (χ0) is 10.7.